The Labute approximate surface area is 310 Å². The second kappa shape index (κ2) is 22.0. The average molecular weight is 780 g/mol. The molecule has 284 valence electrons. The van der Waals surface area contributed by atoms with E-state index in [0.717, 1.165) is 25.3 Å². The largest absolute Gasteiger partial charge is 0.481 e. The molecule has 4 N–H and O–H groups in total. The molecule has 1 amide bonds. The van der Waals surface area contributed by atoms with Crippen LogP contribution in [0.25, 0.3) is 0 Å². The van der Waals surface area contributed by atoms with Crippen LogP contribution >= 0.6 is 23.2 Å². The lowest BCUT2D eigenvalue weighted by Gasteiger charge is -2.31. The van der Waals surface area contributed by atoms with E-state index in [4.69, 9.17) is 34.0 Å². The molecule has 2 aliphatic rings. The smallest absolute Gasteiger partial charge is 0.307 e. The number of sulfonamides is 2. The van der Waals surface area contributed by atoms with E-state index in [2.05, 4.69) is 33.0 Å². The van der Waals surface area contributed by atoms with Gasteiger partial charge >= 0.3 is 5.97 Å². The number of aliphatic carboxylic acids is 1. The normalized spacial score (nSPS) is 18.6. The Morgan fingerprint density at radius 1 is 0.800 bits per heavy atom. The van der Waals surface area contributed by atoms with Crippen molar-refractivity contribution in [1.82, 2.24) is 13.9 Å². The van der Waals surface area contributed by atoms with Gasteiger partial charge in [-0.3, -0.25) is 9.59 Å². The van der Waals surface area contributed by atoms with E-state index >= 15 is 0 Å². The lowest BCUT2D eigenvalue weighted by Crippen LogP contribution is -2.45. The predicted octanol–water partition coefficient (Wildman–Crippen LogP) is 6.36. The van der Waals surface area contributed by atoms with Gasteiger partial charge in [-0.05, 0) is 81.2 Å². The third-order valence-corrected chi connectivity index (χ3v) is 12.9. The van der Waals surface area contributed by atoms with E-state index in [9.17, 15) is 26.4 Å². The molecule has 0 radical (unpaired) electrons. The monoisotopic (exact) mass is 778 g/mol. The third-order valence-electron chi connectivity index (χ3n) is 8.16. The molecular formula is C35H56Cl2N4O7S2. The third kappa shape index (κ3) is 14.0. The van der Waals surface area contributed by atoms with Gasteiger partial charge in [-0.15, -0.1) is 0 Å². The SMILES string of the molecule is C.CC(C)CCN.CC(C)CCNC(=O)[C@@H]1CCCN(S(=O)(=O)c2ccccc2Cl)C1.O=C(O)[C@@H]1CCCN(S(=O)(=O)c2ccccc2Cl)C1. The first-order chi connectivity index (χ1) is 23.0. The maximum atomic E-state index is 12.8. The summed E-state index contributed by atoms with van der Waals surface area (Å²) in [6.45, 7) is 11.0. The highest BCUT2D eigenvalue weighted by molar-refractivity contribution is 7.89. The van der Waals surface area contributed by atoms with Gasteiger partial charge in [-0.1, -0.05) is 82.6 Å². The first-order valence-electron chi connectivity index (χ1n) is 16.7. The molecule has 2 aromatic carbocycles. The highest BCUT2D eigenvalue weighted by Gasteiger charge is 2.35. The van der Waals surface area contributed by atoms with Crippen LogP contribution < -0.4 is 11.1 Å². The van der Waals surface area contributed by atoms with Gasteiger partial charge in [0.1, 0.15) is 9.79 Å². The van der Waals surface area contributed by atoms with Crippen LogP contribution in [0.3, 0.4) is 0 Å². The number of carbonyl (C=O) groups is 2. The fourth-order valence-corrected chi connectivity index (χ4v) is 9.32. The van der Waals surface area contributed by atoms with E-state index in [-0.39, 0.29) is 52.2 Å². The zero-order chi connectivity index (χ0) is 36.8. The Hall–Kier alpha value is -2.26. The van der Waals surface area contributed by atoms with E-state index in [1.165, 1.54) is 26.8 Å². The van der Waals surface area contributed by atoms with Crippen molar-refractivity contribution in [3.63, 3.8) is 0 Å². The van der Waals surface area contributed by atoms with E-state index < -0.39 is 31.9 Å². The van der Waals surface area contributed by atoms with Crippen molar-refractivity contribution in [2.24, 2.45) is 29.4 Å². The van der Waals surface area contributed by atoms with Crippen LogP contribution in [0.1, 0.15) is 73.6 Å². The van der Waals surface area contributed by atoms with Crippen LogP contribution in [0.5, 0.6) is 0 Å². The number of nitrogens with one attached hydrogen (secondary N) is 1. The van der Waals surface area contributed by atoms with Crippen LogP contribution in [-0.4, -0.2) is 81.7 Å². The van der Waals surface area contributed by atoms with Gasteiger partial charge in [-0.2, -0.15) is 8.61 Å². The molecule has 2 fully saturated rings. The highest BCUT2D eigenvalue weighted by atomic mass is 35.5. The molecule has 0 bridgehead atoms. The lowest BCUT2D eigenvalue weighted by atomic mass is 9.98. The van der Waals surface area contributed by atoms with Crippen molar-refractivity contribution < 1.29 is 31.5 Å². The van der Waals surface area contributed by atoms with E-state index in [1.807, 2.05) is 0 Å². The number of rotatable bonds is 11. The number of hydrogen-bond donors (Lipinski definition) is 3. The lowest BCUT2D eigenvalue weighted by molar-refractivity contribution is -0.142. The average Bonchev–Trinajstić information content (AvgIpc) is 3.05. The molecule has 11 nitrogen and oxygen atoms in total. The Bertz CT molecular complexity index is 1570. The predicted molar refractivity (Wildman–Crippen MR) is 201 cm³/mol. The van der Waals surface area contributed by atoms with Crippen LogP contribution in [-0.2, 0) is 29.6 Å². The molecule has 2 aliphatic heterocycles. The van der Waals surface area contributed by atoms with Crippen LogP contribution in [0.4, 0.5) is 0 Å². The minimum atomic E-state index is -3.72. The molecule has 0 aromatic heterocycles. The number of nitrogens with zero attached hydrogens (tertiary/aromatic N) is 2. The molecule has 0 spiro atoms. The molecular weight excluding hydrogens is 723 g/mol. The number of carboxylic acid groups (broad SMARTS) is 1. The number of piperidine rings is 2. The van der Waals surface area contributed by atoms with Crippen molar-refractivity contribution in [3.05, 3.63) is 58.6 Å². The number of halogens is 2. The second-order valence-electron chi connectivity index (χ2n) is 13.0. The number of nitrogens with two attached hydrogens (primary N) is 1. The van der Waals surface area contributed by atoms with Gasteiger partial charge in [0.05, 0.1) is 21.9 Å². The van der Waals surface area contributed by atoms with Crippen molar-refractivity contribution >= 4 is 55.1 Å². The number of benzene rings is 2. The zero-order valence-corrected chi connectivity index (χ0v) is 32.0. The summed E-state index contributed by atoms with van der Waals surface area (Å²) in [5.41, 5.74) is 5.23. The van der Waals surface area contributed by atoms with E-state index in [0.29, 0.717) is 51.2 Å². The van der Waals surface area contributed by atoms with Gasteiger partial charge in [0.2, 0.25) is 26.0 Å². The molecule has 0 aliphatic carbocycles. The number of amides is 1. The standard InChI is InChI=1S/C17H25ClN2O3S.C12H14ClNO4S.C5H13N.CH4/c1-13(2)9-10-19-17(21)14-6-5-11-20(12-14)24(22,23)16-8-4-3-7-15(16)18;13-10-5-1-2-6-11(10)19(17,18)14-7-3-4-9(8-14)12(15)16;1-5(2)3-4-6;/h3-4,7-8,13-14H,5-6,9-12H2,1-2H3,(H,19,21);1-2,5-6,9H,3-4,7-8H2,(H,15,16);5H,3-4,6H2,1-2H3;1H4/t14-;9-;;/m11../s1. The molecule has 15 heteroatoms. The summed E-state index contributed by atoms with van der Waals surface area (Å²) >= 11 is 11.9. The molecule has 50 heavy (non-hydrogen) atoms. The molecule has 2 aromatic rings. The maximum Gasteiger partial charge on any atom is 0.307 e. The minimum absolute atomic E-state index is 0. The van der Waals surface area contributed by atoms with E-state index in [1.54, 1.807) is 30.3 Å². The Morgan fingerprint density at radius 3 is 1.60 bits per heavy atom. The molecule has 2 heterocycles. The number of hydrogen-bond acceptors (Lipinski definition) is 7. The van der Waals surface area contributed by atoms with Crippen LogP contribution in [0.2, 0.25) is 10.0 Å². The number of carbonyl (C=O) groups excluding carboxylic acids is 1. The number of carboxylic acids is 1. The molecule has 0 unspecified atom stereocenters. The van der Waals surface area contributed by atoms with Crippen LogP contribution in [0.15, 0.2) is 58.3 Å². The molecule has 2 atom stereocenters. The second-order valence-corrected chi connectivity index (χ2v) is 17.7. The molecule has 2 saturated heterocycles. The summed E-state index contributed by atoms with van der Waals surface area (Å²) in [7, 11) is -7.39. The van der Waals surface area contributed by atoms with Gasteiger partial charge in [0.15, 0.2) is 0 Å². The Balaban J connectivity index is 0.000000430. The molecule has 0 saturated carbocycles. The van der Waals surface area contributed by atoms with Crippen molar-refractivity contribution in [2.45, 2.75) is 83.4 Å². The fraction of sp³-hybridized carbons (Fsp3) is 0.600. The Morgan fingerprint density at radius 2 is 1.22 bits per heavy atom. The first kappa shape index (κ1) is 45.8. The summed E-state index contributed by atoms with van der Waals surface area (Å²) in [5.74, 6) is -0.674. The summed E-state index contributed by atoms with van der Waals surface area (Å²) in [4.78, 5) is 23.4. The van der Waals surface area contributed by atoms with Gasteiger partial charge in [0, 0.05) is 32.7 Å². The summed E-state index contributed by atoms with van der Waals surface area (Å²) < 4.78 is 53.0. The summed E-state index contributed by atoms with van der Waals surface area (Å²) in [5, 5.41) is 12.3. The zero-order valence-electron chi connectivity index (χ0n) is 28.9. The van der Waals surface area contributed by atoms with Gasteiger partial charge < -0.3 is 16.2 Å². The minimum Gasteiger partial charge on any atom is -0.481 e. The van der Waals surface area contributed by atoms with Gasteiger partial charge in [-0.25, -0.2) is 16.8 Å². The topological polar surface area (TPSA) is 167 Å². The summed E-state index contributed by atoms with van der Waals surface area (Å²) in [6.07, 6.45) is 4.50. The fourth-order valence-electron chi connectivity index (χ4n) is 5.28. The van der Waals surface area contributed by atoms with Gasteiger partial charge in [0.25, 0.3) is 0 Å². The molecule has 4 rings (SSSR count). The van der Waals surface area contributed by atoms with Crippen LogP contribution in [0, 0.1) is 23.7 Å². The quantitative estimate of drug-likeness (QED) is 0.237. The highest BCUT2D eigenvalue weighted by Crippen LogP contribution is 2.29. The first-order valence-corrected chi connectivity index (χ1v) is 20.4. The Kier molecular flexibility index (Phi) is 20.1. The summed E-state index contributed by atoms with van der Waals surface area (Å²) in [6, 6.07) is 12.6. The van der Waals surface area contributed by atoms with Crippen molar-refractivity contribution in [2.75, 3.05) is 39.3 Å². The van der Waals surface area contributed by atoms with Crippen molar-refractivity contribution in [1.29, 1.82) is 0 Å². The van der Waals surface area contributed by atoms with Crippen molar-refractivity contribution in [3.8, 4) is 0 Å². The maximum absolute atomic E-state index is 12.8.